The van der Waals surface area contributed by atoms with Gasteiger partial charge in [-0.2, -0.15) is 0 Å². The third-order valence-electron chi connectivity index (χ3n) is 1.71. The Balaban J connectivity index is 2.86. The fraction of sp³-hybridized carbons (Fsp3) is 0.125. The van der Waals surface area contributed by atoms with E-state index in [1.807, 2.05) is 17.8 Å². The molecule has 0 saturated heterocycles. The molecule has 0 atom stereocenters. The summed E-state index contributed by atoms with van der Waals surface area (Å²) in [6, 6.07) is 2.12. The zero-order valence-corrected chi connectivity index (χ0v) is 8.29. The quantitative estimate of drug-likeness (QED) is 0.547. The minimum absolute atomic E-state index is 1.19. The molecule has 2 nitrogen and oxygen atoms in total. The first kappa shape index (κ1) is 7.09. The van der Waals surface area contributed by atoms with Crippen LogP contribution in [0.3, 0.4) is 0 Å². The van der Waals surface area contributed by atoms with Crippen LogP contribution in [0.2, 0.25) is 0 Å². The van der Waals surface area contributed by atoms with Crippen LogP contribution in [0.25, 0.3) is 10.9 Å². The zero-order chi connectivity index (χ0) is 7.84. The molecule has 0 amide bonds. The molecular weight excluding hydrogens is 251 g/mol. The number of aryl methyl sites for hydroxylation is 1. The number of aromatic nitrogens is 2. The number of hydrogen-bond donors (Lipinski definition) is 1. The van der Waals surface area contributed by atoms with E-state index in [9.17, 15) is 0 Å². The van der Waals surface area contributed by atoms with Gasteiger partial charge in [0.15, 0.2) is 12.4 Å². The molecule has 0 aromatic carbocycles. The number of halogens is 1. The van der Waals surface area contributed by atoms with Gasteiger partial charge in [-0.3, -0.25) is 0 Å². The first-order valence-electron chi connectivity index (χ1n) is 3.39. The third-order valence-corrected chi connectivity index (χ3v) is 2.60. The normalized spacial score (nSPS) is 10.7. The van der Waals surface area contributed by atoms with Crippen molar-refractivity contribution in [3.05, 3.63) is 28.2 Å². The van der Waals surface area contributed by atoms with Gasteiger partial charge in [-0.15, -0.1) is 0 Å². The minimum Gasteiger partial charge on any atom is -0.355 e. The first-order valence-corrected chi connectivity index (χ1v) is 4.47. The summed E-state index contributed by atoms with van der Waals surface area (Å²) in [5.74, 6) is 0. The second kappa shape index (κ2) is 2.48. The molecule has 0 aliphatic rings. The number of nitrogens with one attached hydrogen (secondary N) is 1. The van der Waals surface area contributed by atoms with Crippen LogP contribution in [0.1, 0.15) is 0 Å². The number of hydrogen-bond acceptors (Lipinski definition) is 0. The highest BCUT2D eigenvalue weighted by Gasteiger charge is 2.02. The minimum atomic E-state index is 1.19. The molecule has 0 bridgehead atoms. The molecule has 0 aliphatic heterocycles. The van der Waals surface area contributed by atoms with E-state index in [0.29, 0.717) is 0 Å². The van der Waals surface area contributed by atoms with E-state index in [-0.39, 0.29) is 0 Å². The number of nitrogens with zero attached hydrogens (tertiary/aromatic N) is 1. The van der Waals surface area contributed by atoms with E-state index in [0.717, 1.165) is 0 Å². The lowest BCUT2D eigenvalue weighted by atomic mass is 10.3. The Hall–Kier alpha value is -0.580. The van der Waals surface area contributed by atoms with Crippen molar-refractivity contribution in [3.63, 3.8) is 0 Å². The molecule has 0 saturated carbocycles. The van der Waals surface area contributed by atoms with Crippen LogP contribution in [-0.2, 0) is 7.05 Å². The van der Waals surface area contributed by atoms with Gasteiger partial charge in [-0.05, 0) is 22.6 Å². The molecule has 2 aromatic heterocycles. The highest BCUT2D eigenvalue weighted by molar-refractivity contribution is 14.1. The Labute approximate surface area is 78.4 Å². The van der Waals surface area contributed by atoms with Crippen molar-refractivity contribution in [1.29, 1.82) is 0 Å². The number of pyridine rings is 1. The summed E-state index contributed by atoms with van der Waals surface area (Å²) in [5, 5.41) is 1.30. The van der Waals surface area contributed by atoms with Crippen molar-refractivity contribution < 1.29 is 4.57 Å². The third kappa shape index (κ3) is 1.13. The zero-order valence-electron chi connectivity index (χ0n) is 6.13. The van der Waals surface area contributed by atoms with Gasteiger partial charge < -0.3 is 4.98 Å². The van der Waals surface area contributed by atoms with Gasteiger partial charge in [0.1, 0.15) is 12.6 Å². The maximum absolute atomic E-state index is 3.20. The van der Waals surface area contributed by atoms with Gasteiger partial charge in [-0.25, -0.2) is 4.57 Å². The Morgan fingerprint density at radius 2 is 2.36 bits per heavy atom. The van der Waals surface area contributed by atoms with Gasteiger partial charge in [-0.1, -0.05) is 0 Å². The molecule has 0 fully saturated rings. The van der Waals surface area contributed by atoms with Gasteiger partial charge >= 0.3 is 0 Å². The molecule has 2 aromatic rings. The summed E-state index contributed by atoms with van der Waals surface area (Å²) in [6.45, 7) is 0. The molecule has 0 spiro atoms. The fourth-order valence-electron chi connectivity index (χ4n) is 1.14. The van der Waals surface area contributed by atoms with Crippen LogP contribution in [0.5, 0.6) is 0 Å². The van der Waals surface area contributed by atoms with Crippen LogP contribution < -0.4 is 4.57 Å². The topological polar surface area (TPSA) is 19.7 Å². The Kier molecular flexibility index (Phi) is 1.60. The van der Waals surface area contributed by atoms with Gasteiger partial charge in [0, 0.05) is 21.2 Å². The van der Waals surface area contributed by atoms with E-state index >= 15 is 0 Å². The average Bonchev–Trinajstić information content (AvgIpc) is 2.32. The van der Waals surface area contributed by atoms with Crippen molar-refractivity contribution in [2.24, 2.45) is 7.05 Å². The van der Waals surface area contributed by atoms with Gasteiger partial charge in [0.25, 0.3) is 0 Å². The second-order valence-electron chi connectivity index (χ2n) is 2.57. The second-order valence-corrected chi connectivity index (χ2v) is 3.74. The summed E-state index contributed by atoms with van der Waals surface area (Å²) < 4.78 is 3.31. The maximum Gasteiger partial charge on any atom is 0.192 e. The fourth-order valence-corrected chi connectivity index (χ4v) is 1.77. The van der Waals surface area contributed by atoms with E-state index in [2.05, 4.69) is 46.0 Å². The molecule has 2 heterocycles. The van der Waals surface area contributed by atoms with E-state index in [4.69, 9.17) is 0 Å². The van der Waals surface area contributed by atoms with Crippen molar-refractivity contribution in [3.8, 4) is 0 Å². The molecule has 0 unspecified atom stereocenters. The Morgan fingerprint density at radius 1 is 1.55 bits per heavy atom. The van der Waals surface area contributed by atoms with Crippen molar-refractivity contribution >= 4 is 33.5 Å². The summed E-state index contributed by atoms with van der Waals surface area (Å²) >= 11 is 2.32. The summed E-state index contributed by atoms with van der Waals surface area (Å²) in [4.78, 5) is 3.20. The standard InChI is InChI=1S/C8H7IN2/c1-11-3-2-6-7(9)4-10-8(6)5-11/h2-5H,1H3/p+1. The van der Waals surface area contributed by atoms with Gasteiger partial charge in [0.2, 0.25) is 0 Å². The predicted molar refractivity (Wildman–Crippen MR) is 52.2 cm³/mol. The Morgan fingerprint density at radius 3 is 3.18 bits per heavy atom. The van der Waals surface area contributed by atoms with E-state index in [1.54, 1.807) is 0 Å². The lowest BCUT2D eigenvalue weighted by Crippen LogP contribution is -2.25. The molecule has 3 heteroatoms. The number of aromatic amines is 1. The maximum atomic E-state index is 3.20. The molecule has 1 N–H and O–H groups in total. The van der Waals surface area contributed by atoms with Crippen molar-refractivity contribution in [1.82, 2.24) is 4.98 Å². The molecular formula is C8H8IN2+. The largest absolute Gasteiger partial charge is 0.355 e. The van der Waals surface area contributed by atoms with Crippen molar-refractivity contribution in [2.75, 3.05) is 0 Å². The molecule has 2 rings (SSSR count). The highest BCUT2D eigenvalue weighted by Crippen LogP contribution is 2.16. The number of H-pyrrole nitrogens is 1. The predicted octanol–water partition coefficient (Wildman–Crippen LogP) is 1.60. The number of rotatable bonds is 0. The van der Waals surface area contributed by atoms with E-state index < -0.39 is 0 Å². The smallest absolute Gasteiger partial charge is 0.192 e. The number of fused-ring (bicyclic) bond motifs is 1. The van der Waals surface area contributed by atoms with Gasteiger partial charge in [0.05, 0.1) is 0 Å². The monoisotopic (exact) mass is 259 g/mol. The SMILES string of the molecule is C[n+]1ccc2c(I)c[nH]c2c1. The summed E-state index contributed by atoms with van der Waals surface area (Å²) in [6.07, 6.45) is 6.15. The Bertz CT molecular complexity index is 392. The van der Waals surface area contributed by atoms with E-state index in [1.165, 1.54) is 14.5 Å². The molecule has 0 radical (unpaired) electrons. The summed E-state index contributed by atoms with van der Waals surface area (Å²) in [5.41, 5.74) is 1.19. The molecule has 56 valence electrons. The summed E-state index contributed by atoms with van der Waals surface area (Å²) in [7, 11) is 2.02. The highest BCUT2D eigenvalue weighted by atomic mass is 127. The van der Waals surface area contributed by atoms with Crippen molar-refractivity contribution in [2.45, 2.75) is 0 Å². The average molecular weight is 259 g/mol. The van der Waals surface area contributed by atoms with Crippen LogP contribution in [0.15, 0.2) is 24.7 Å². The molecule has 11 heavy (non-hydrogen) atoms. The van der Waals surface area contributed by atoms with Crippen LogP contribution in [0.4, 0.5) is 0 Å². The van der Waals surface area contributed by atoms with Crippen LogP contribution >= 0.6 is 22.6 Å². The lowest BCUT2D eigenvalue weighted by Gasteiger charge is -1.87. The van der Waals surface area contributed by atoms with Crippen LogP contribution in [-0.4, -0.2) is 4.98 Å². The van der Waals surface area contributed by atoms with Crippen LogP contribution in [0, 0.1) is 3.57 Å². The first-order chi connectivity index (χ1) is 5.27. The molecule has 0 aliphatic carbocycles. The lowest BCUT2D eigenvalue weighted by molar-refractivity contribution is -0.670.